The van der Waals surface area contributed by atoms with Crippen LogP contribution in [0.5, 0.6) is 0 Å². The largest absolute Gasteiger partial charge is 0.372 e. The fourth-order valence-electron chi connectivity index (χ4n) is 4.00. The Bertz CT molecular complexity index is 1230. The summed E-state index contributed by atoms with van der Waals surface area (Å²) in [7, 11) is 0. The summed E-state index contributed by atoms with van der Waals surface area (Å²) in [5.74, 6) is 0.0243. The average Bonchev–Trinajstić information content (AvgIpc) is 3.20. The Hall–Kier alpha value is -3.66. The molecule has 31 heavy (non-hydrogen) atoms. The third kappa shape index (κ3) is 3.89. The summed E-state index contributed by atoms with van der Waals surface area (Å²) in [5, 5.41) is 0. The number of carbonyl (C=O) groups excluding carboxylic acids is 2. The van der Waals surface area contributed by atoms with Crippen molar-refractivity contribution >= 4 is 22.8 Å². The Labute approximate surface area is 182 Å². The summed E-state index contributed by atoms with van der Waals surface area (Å²) >= 11 is 0. The smallest absolute Gasteiger partial charge is 0.209 e. The molecule has 0 aliphatic rings. The van der Waals surface area contributed by atoms with Gasteiger partial charge in [0.2, 0.25) is 5.78 Å². The molecule has 0 aliphatic heterocycles. The molecule has 0 spiro atoms. The minimum atomic E-state index is -0.0149. The highest BCUT2D eigenvalue weighted by atomic mass is 16.1. The molecule has 0 aliphatic carbocycles. The fourth-order valence-corrected chi connectivity index (χ4v) is 4.00. The number of benzene rings is 2. The highest BCUT2D eigenvalue weighted by molar-refractivity contribution is 6.10. The number of hydrogen-bond acceptors (Lipinski definition) is 3. The molecule has 0 atom stereocenters. The Morgan fingerprint density at radius 1 is 0.839 bits per heavy atom. The molecule has 0 radical (unpaired) electrons. The molecule has 0 fully saturated rings. The SMILES string of the molecule is CCN(CC)c1ccc(C(=O)c2cc(-c3ccc(C(C)=O)cc3)c3ccccn23)cc1. The van der Waals surface area contributed by atoms with Gasteiger partial charge in [0, 0.05) is 41.7 Å². The van der Waals surface area contributed by atoms with Crippen LogP contribution in [-0.4, -0.2) is 29.1 Å². The van der Waals surface area contributed by atoms with Gasteiger partial charge < -0.3 is 9.30 Å². The molecular weight excluding hydrogens is 384 g/mol. The number of ketones is 2. The normalized spacial score (nSPS) is 10.9. The number of anilines is 1. The van der Waals surface area contributed by atoms with E-state index in [2.05, 4.69) is 18.7 Å². The summed E-state index contributed by atoms with van der Waals surface area (Å²) in [6, 6.07) is 23.2. The van der Waals surface area contributed by atoms with Crippen LogP contribution in [0.4, 0.5) is 5.69 Å². The number of Topliss-reactive ketones (excluding diaryl/α,β-unsaturated/α-hetero) is 1. The van der Waals surface area contributed by atoms with E-state index in [4.69, 9.17) is 0 Å². The van der Waals surface area contributed by atoms with Crippen molar-refractivity contribution in [2.24, 2.45) is 0 Å². The van der Waals surface area contributed by atoms with E-state index < -0.39 is 0 Å². The molecule has 2 aromatic carbocycles. The quantitative estimate of drug-likeness (QED) is 0.357. The predicted molar refractivity (Wildman–Crippen MR) is 126 cm³/mol. The Balaban J connectivity index is 1.74. The second kappa shape index (κ2) is 8.60. The Morgan fingerprint density at radius 3 is 2.10 bits per heavy atom. The molecule has 2 heterocycles. The van der Waals surface area contributed by atoms with Gasteiger partial charge in [0.1, 0.15) is 0 Å². The molecule has 0 amide bonds. The maximum absolute atomic E-state index is 13.4. The first-order chi connectivity index (χ1) is 15.0. The van der Waals surface area contributed by atoms with Crippen LogP contribution >= 0.6 is 0 Å². The summed E-state index contributed by atoms with van der Waals surface area (Å²) in [6.45, 7) is 7.67. The second-order valence-corrected chi connectivity index (χ2v) is 7.58. The van der Waals surface area contributed by atoms with Gasteiger partial charge in [-0.2, -0.15) is 0 Å². The van der Waals surface area contributed by atoms with Crippen LogP contribution in [0.2, 0.25) is 0 Å². The first-order valence-electron chi connectivity index (χ1n) is 10.6. The number of fused-ring (bicyclic) bond motifs is 1. The van der Waals surface area contributed by atoms with Crippen molar-refractivity contribution in [3.05, 3.63) is 95.8 Å². The lowest BCUT2D eigenvalue weighted by atomic mass is 10.0. The first kappa shape index (κ1) is 20.6. The topological polar surface area (TPSA) is 41.8 Å². The number of pyridine rings is 1. The van der Waals surface area contributed by atoms with Crippen LogP contribution in [-0.2, 0) is 0 Å². The lowest BCUT2D eigenvalue weighted by molar-refractivity contribution is 0.101. The number of aromatic nitrogens is 1. The van der Waals surface area contributed by atoms with Crippen LogP contribution in [0.1, 0.15) is 47.2 Å². The molecule has 0 bridgehead atoms. The van der Waals surface area contributed by atoms with E-state index in [1.54, 1.807) is 6.92 Å². The molecule has 156 valence electrons. The molecule has 0 saturated heterocycles. The summed E-state index contributed by atoms with van der Waals surface area (Å²) < 4.78 is 1.94. The molecule has 4 heteroatoms. The lowest BCUT2D eigenvalue weighted by Gasteiger charge is -2.21. The van der Waals surface area contributed by atoms with E-state index in [0.29, 0.717) is 16.8 Å². The van der Waals surface area contributed by atoms with Gasteiger partial charge in [-0.3, -0.25) is 9.59 Å². The maximum Gasteiger partial charge on any atom is 0.209 e. The van der Waals surface area contributed by atoms with Crippen LogP contribution < -0.4 is 4.90 Å². The zero-order valence-electron chi connectivity index (χ0n) is 18.1. The van der Waals surface area contributed by atoms with Crippen molar-refractivity contribution < 1.29 is 9.59 Å². The van der Waals surface area contributed by atoms with Gasteiger partial charge in [-0.1, -0.05) is 30.3 Å². The van der Waals surface area contributed by atoms with Gasteiger partial charge >= 0.3 is 0 Å². The number of hydrogen-bond donors (Lipinski definition) is 0. The van der Waals surface area contributed by atoms with E-state index in [-0.39, 0.29) is 11.6 Å². The van der Waals surface area contributed by atoms with Gasteiger partial charge in [0.05, 0.1) is 11.2 Å². The van der Waals surface area contributed by atoms with Crippen molar-refractivity contribution in [1.29, 1.82) is 0 Å². The highest BCUT2D eigenvalue weighted by Gasteiger charge is 2.18. The van der Waals surface area contributed by atoms with Crippen molar-refractivity contribution in [3.8, 4) is 11.1 Å². The standard InChI is InChI=1S/C27H26N2O2/c1-4-28(5-2)23-15-13-22(14-16-23)27(31)26-18-24(25-8-6-7-17-29(25)26)21-11-9-20(10-12-21)19(3)30/h6-18H,4-5H2,1-3H3. The van der Waals surface area contributed by atoms with E-state index in [0.717, 1.165) is 35.4 Å². The van der Waals surface area contributed by atoms with Crippen LogP contribution in [0.3, 0.4) is 0 Å². The minimum absolute atomic E-state index is 0.0149. The average molecular weight is 411 g/mol. The van der Waals surface area contributed by atoms with E-state index in [1.165, 1.54) is 0 Å². The van der Waals surface area contributed by atoms with Gasteiger partial charge in [-0.05, 0) is 68.8 Å². The molecule has 0 N–H and O–H groups in total. The van der Waals surface area contributed by atoms with E-state index >= 15 is 0 Å². The summed E-state index contributed by atoms with van der Waals surface area (Å²) in [4.78, 5) is 27.3. The van der Waals surface area contributed by atoms with Crippen molar-refractivity contribution in [1.82, 2.24) is 4.40 Å². The van der Waals surface area contributed by atoms with Gasteiger partial charge in [0.25, 0.3) is 0 Å². The molecule has 4 nitrogen and oxygen atoms in total. The van der Waals surface area contributed by atoms with Gasteiger partial charge in [-0.15, -0.1) is 0 Å². The van der Waals surface area contributed by atoms with E-state index in [9.17, 15) is 9.59 Å². The Morgan fingerprint density at radius 2 is 1.48 bits per heavy atom. The van der Waals surface area contributed by atoms with Crippen LogP contribution in [0.15, 0.2) is 79.0 Å². The highest BCUT2D eigenvalue weighted by Crippen LogP contribution is 2.30. The first-order valence-corrected chi connectivity index (χ1v) is 10.6. The number of carbonyl (C=O) groups is 2. The molecular formula is C27H26N2O2. The molecule has 2 aromatic heterocycles. The minimum Gasteiger partial charge on any atom is -0.372 e. The molecule has 4 aromatic rings. The van der Waals surface area contributed by atoms with Gasteiger partial charge in [-0.25, -0.2) is 0 Å². The van der Waals surface area contributed by atoms with Crippen LogP contribution in [0.25, 0.3) is 16.6 Å². The maximum atomic E-state index is 13.4. The van der Waals surface area contributed by atoms with Crippen molar-refractivity contribution in [3.63, 3.8) is 0 Å². The lowest BCUT2D eigenvalue weighted by Crippen LogP contribution is -2.21. The summed E-state index contributed by atoms with van der Waals surface area (Å²) in [6.07, 6.45) is 1.92. The second-order valence-electron chi connectivity index (χ2n) is 7.58. The molecule has 0 unspecified atom stereocenters. The monoisotopic (exact) mass is 410 g/mol. The fraction of sp³-hybridized carbons (Fsp3) is 0.185. The van der Waals surface area contributed by atoms with Crippen molar-refractivity contribution in [2.45, 2.75) is 20.8 Å². The number of rotatable bonds is 7. The third-order valence-electron chi connectivity index (χ3n) is 5.77. The zero-order chi connectivity index (χ0) is 22.0. The molecule has 4 rings (SSSR count). The van der Waals surface area contributed by atoms with Crippen molar-refractivity contribution in [2.75, 3.05) is 18.0 Å². The zero-order valence-corrected chi connectivity index (χ0v) is 18.1. The molecule has 0 saturated carbocycles. The van der Waals surface area contributed by atoms with Crippen LogP contribution in [0, 0.1) is 0 Å². The predicted octanol–water partition coefficient (Wildman–Crippen LogP) is 5.89. The van der Waals surface area contributed by atoms with E-state index in [1.807, 2.05) is 83.4 Å². The van der Waals surface area contributed by atoms with Gasteiger partial charge in [0.15, 0.2) is 5.78 Å². The summed E-state index contributed by atoms with van der Waals surface area (Å²) in [5.41, 5.74) is 5.99. The third-order valence-corrected chi connectivity index (χ3v) is 5.77. The number of nitrogens with zero attached hydrogens (tertiary/aromatic N) is 2. The Kier molecular flexibility index (Phi) is 5.72.